The van der Waals surface area contributed by atoms with Crippen molar-refractivity contribution in [1.82, 2.24) is 14.9 Å². The zero-order chi connectivity index (χ0) is 29.2. The van der Waals surface area contributed by atoms with Crippen LogP contribution in [0.1, 0.15) is 58.1 Å². The van der Waals surface area contributed by atoms with E-state index in [0.717, 1.165) is 43.9 Å². The van der Waals surface area contributed by atoms with Crippen LogP contribution in [0, 0.1) is 5.41 Å². The number of carbonyl (C=O) groups excluding carboxylic acids is 2. The first-order valence-electron chi connectivity index (χ1n) is 14.9. The number of rotatable bonds is 14. The molecule has 4 rings (SSSR count). The summed E-state index contributed by atoms with van der Waals surface area (Å²) in [6.07, 6.45) is 10.1. The van der Waals surface area contributed by atoms with Crippen LogP contribution >= 0.6 is 0 Å². The van der Waals surface area contributed by atoms with Crippen molar-refractivity contribution in [2.24, 2.45) is 5.41 Å². The van der Waals surface area contributed by atoms with Crippen molar-refractivity contribution in [3.8, 4) is 5.75 Å². The minimum atomic E-state index is -1.04. The highest BCUT2D eigenvalue weighted by atomic mass is 16.5. The summed E-state index contributed by atoms with van der Waals surface area (Å²) >= 11 is 0. The van der Waals surface area contributed by atoms with Gasteiger partial charge in [-0.2, -0.15) is 0 Å². The van der Waals surface area contributed by atoms with E-state index in [2.05, 4.69) is 33.1 Å². The Hall–Kier alpha value is -3.78. The van der Waals surface area contributed by atoms with Crippen LogP contribution in [0.5, 0.6) is 5.75 Å². The van der Waals surface area contributed by atoms with Crippen LogP contribution in [0.3, 0.4) is 0 Å². The van der Waals surface area contributed by atoms with Crippen molar-refractivity contribution >= 4 is 23.2 Å². The number of hydrogen-bond donors (Lipinski definition) is 0. The molecule has 0 N–H and O–H groups in total. The number of anilines is 2. The highest BCUT2D eigenvalue weighted by Gasteiger charge is 2.50. The van der Waals surface area contributed by atoms with Crippen molar-refractivity contribution in [1.29, 1.82) is 0 Å². The molecular formula is C33H43N5O3. The van der Waals surface area contributed by atoms with Crippen LogP contribution in [0.25, 0.3) is 0 Å². The molecule has 0 bridgehead atoms. The molecule has 0 unspecified atom stereocenters. The van der Waals surface area contributed by atoms with Gasteiger partial charge < -0.3 is 14.5 Å². The van der Waals surface area contributed by atoms with Gasteiger partial charge in [0.05, 0.1) is 18.0 Å². The molecule has 1 aromatic carbocycles. The Labute approximate surface area is 244 Å². The van der Waals surface area contributed by atoms with Gasteiger partial charge in [-0.1, -0.05) is 19.9 Å². The molecule has 0 saturated carbocycles. The van der Waals surface area contributed by atoms with Gasteiger partial charge in [0.1, 0.15) is 11.2 Å². The number of ether oxygens (including phenoxy) is 1. The Morgan fingerprint density at radius 2 is 1.51 bits per heavy atom. The van der Waals surface area contributed by atoms with Gasteiger partial charge in [0, 0.05) is 63.6 Å². The SMILES string of the molecule is CCN1C(=O)C(CC)(CC)C(=O)N(CC)c2cc(OCCCN(CCc3cccnc3)Cc3ccncc3)ccc21. The zero-order valence-corrected chi connectivity index (χ0v) is 24.9. The minimum Gasteiger partial charge on any atom is -0.493 e. The average molecular weight is 558 g/mol. The maximum absolute atomic E-state index is 13.8. The highest BCUT2D eigenvalue weighted by molar-refractivity contribution is 6.20. The summed E-state index contributed by atoms with van der Waals surface area (Å²) in [5.74, 6) is 0.473. The van der Waals surface area contributed by atoms with E-state index in [9.17, 15) is 9.59 Å². The first kappa shape index (κ1) is 30.2. The molecule has 0 fully saturated rings. The molecular weight excluding hydrogens is 514 g/mol. The fraction of sp³-hybridized carbons (Fsp3) is 0.455. The number of benzene rings is 1. The Balaban J connectivity index is 1.45. The first-order chi connectivity index (χ1) is 20.0. The van der Waals surface area contributed by atoms with Crippen LogP contribution in [0.4, 0.5) is 11.4 Å². The number of hydrogen-bond acceptors (Lipinski definition) is 6. The van der Waals surface area contributed by atoms with E-state index in [0.29, 0.717) is 38.3 Å². The molecule has 0 aliphatic carbocycles. The van der Waals surface area contributed by atoms with E-state index in [1.54, 1.807) is 16.0 Å². The molecule has 2 amide bonds. The van der Waals surface area contributed by atoms with Gasteiger partial charge in [-0.3, -0.25) is 24.5 Å². The predicted molar refractivity (Wildman–Crippen MR) is 163 cm³/mol. The van der Waals surface area contributed by atoms with Gasteiger partial charge in [0.25, 0.3) is 0 Å². The quantitative estimate of drug-likeness (QED) is 0.192. The van der Waals surface area contributed by atoms with Crippen molar-refractivity contribution < 1.29 is 14.3 Å². The summed E-state index contributed by atoms with van der Waals surface area (Å²) in [6, 6.07) is 14.0. The average Bonchev–Trinajstić information content (AvgIpc) is 3.08. The van der Waals surface area contributed by atoms with Crippen LogP contribution in [-0.4, -0.2) is 59.5 Å². The number of fused-ring (bicyclic) bond motifs is 1. The molecule has 1 aliphatic rings. The Bertz CT molecular complexity index is 1280. The standard InChI is InChI=1S/C33H43N5O3/c1-5-33(6-2)31(39)37(7-3)29-13-12-28(23-30(29)38(8-4)32(33)40)41-22-10-20-36(25-27-14-18-34-19-15-27)21-16-26-11-9-17-35-24-26/h9,11-15,17-19,23-24H,5-8,10,16,20-22,25H2,1-4H3. The van der Waals surface area contributed by atoms with Gasteiger partial charge in [-0.05, 0) is 81.0 Å². The van der Waals surface area contributed by atoms with E-state index < -0.39 is 5.41 Å². The third-order valence-electron chi connectivity index (χ3n) is 8.16. The Kier molecular flexibility index (Phi) is 10.5. The second kappa shape index (κ2) is 14.2. The number of amides is 2. The fourth-order valence-electron chi connectivity index (χ4n) is 5.67. The normalized spacial score (nSPS) is 14.8. The third-order valence-corrected chi connectivity index (χ3v) is 8.16. The summed E-state index contributed by atoms with van der Waals surface area (Å²) in [6.45, 7) is 11.9. The zero-order valence-electron chi connectivity index (χ0n) is 24.9. The summed E-state index contributed by atoms with van der Waals surface area (Å²) in [7, 11) is 0. The van der Waals surface area contributed by atoms with Crippen LogP contribution < -0.4 is 14.5 Å². The van der Waals surface area contributed by atoms with E-state index in [1.807, 2.05) is 70.6 Å². The van der Waals surface area contributed by atoms with Gasteiger partial charge in [0.2, 0.25) is 11.8 Å². The topological polar surface area (TPSA) is 78.9 Å². The Morgan fingerprint density at radius 3 is 2.15 bits per heavy atom. The maximum Gasteiger partial charge on any atom is 0.242 e. The fourth-order valence-corrected chi connectivity index (χ4v) is 5.67. The second-order valence-electron chi connectivity index (χ2n) is 10.5. The molecule has 0 radical (unpaired) electrons. The number of pyridine rings is 2. The van der Waals surface area contributed by atoms with Gasteiger partial charge in [0.15, 0.2) is 0 Å². The number of aromatic nitrogens is 2. The summed E-state index contributed by atoms with van der Waals surface area (Å²) in [5, 5.41) is 0. The molecule has 2 aromatic heterocycles. The number of carbonyl (C=O) groups is 2. The largest absolute Gasteiger partial charge is 0.493 e. The molecule has 0 atom stereocenters. The van der Waals surface area contributed by atoms with E-state index in [1.165, 1.54) is 11.1 Å². The molecule has 3 aromatic rings. The van der Waals surface area contributed by atoms with Crippen molar-refractivity contribution in [2.45, 2.75) is 59.9 Å². The minimum absolute atomic E-state index is 0.110. The van der Waals surface area contributed by atoms with Crippen LogP contribution in [0.2, 0.25) is 0 Å². The van der Waals surface area contributed by atoms with Crippen molar-refractivity contribution in [2.75, 3.05) is 42.6 Å². The predicted octanol–water partition coefficient (Wildman–Crippen LogP) is 5.52. The van der Waals surface area contributed by atoms with E-state index in [4.69, 9.17) is 4.74 Å². The molecule has 3 heterocycles. The van der Waals surface area contributed by atoms with Gasteiger partial charge in [-0.15, -0.1) is 0 Å². The molecule has 0 spiro atoms. The maximum atomic E-state index is 13.8. The summed E-state index contributed by atoms with van der Waals surface area (Å²) in [4.78, 5) is 41.8. The molecule has 8 heteroatoms. The molecule has 8 nitrogen and oxygen atoms in total. The molecule has 218 valence electrons. The second-order valence-corrected chi connectivity index (χ2v) is 10.5. The van der Waals surface area contributed by atoms with Gasteiger partial charge >= 0.3 is 0 Å². The molecule has 41 heavy (non-hydrogen) atoms. The van der Waals surface area contributed by atoms with Crippen LogP contribution in [0.15, 0.2) is 67.3 Å². The lowest BCUT2D eigenvalue weighted by Gasteiger charge is -2.33. The van der Waals surface area contributed by atoms with E-state index in [-0.39, 0.29) is 11.8 Å². The lowest BCUT2D eigenvalue weighted by Crippen LogP contribution is -2.51. The molecule has 1 aliphatic heterocycles. The lowest BCUT2D eigenvalue weighted by molar-refractivity contribution is -0.140. The summed E-state index contributed by atoms with van der Waals surface area (Å²) in [5.41, 5.74) is 2.92. The highest BCUT2D eigenvalue weighted by Crippen LogP contribution is 2.43. The summed E-state index contributed by atoms with van der Waals surface area (Å²) < 4.78 is 6.22. The van der Waals surface area contributed by atoms with Gasteiger partial charge in [-0.25, -0.2) is 0 Å². The van der Waals surface area contributed by atoms with Crippen molar-refractivity contribution in [3.63, 3.8) is 0 Å². The van der Waals surface area contributed by atoms with Crippen LogP contribution in [-0.2, 0) is 22.6 Å². The van der Waals surface area contributed by atoms with Crippen molar-refractivity contribution in [3.05, 3.63) is 78.4 Å². The smallest absolute Gasteiger partial charge is 0.242 e. The molecule has 0 saturated heterocycles. The third kappa shape index (κ3) is 6.76. The Morgan fingerprint density at radius 1 is 0.805 bits per heavy atom. The lowest BCUT2D eigenvalue weighted by atomic mass is 9.79. The number of nitrogens with zero attached hydrogens (tertiary/aromatic N) is 5. The monoisotopic (exact) mass is 557 g/mol. The van der Waals surface area contributed by atoms with E-state index >= 15 is 0 Å². The first-order valence-corrected chi connectivity index (χ1v) is 14.9.